The zero-order valence-corrected chi connectivity index (χ0v) is 15.1. The van der Waals surface area contributed by atoms with Gasteiger partial charge in [-0.25, -0.2) is 4.39 Å². The molecule has 0 amide bonds. The summed E-state index contributed by atoms with van der Waals surface area (Å²) in [7, 11) is 0. The van der Waals surface area contributed by atoms with Crippen molar-refractivity contribution in [1.29, 1.82) is 0 Å². The van der Waals surface area contributed by atoms with E-state index in [9.17, 15) is 4.39 Å². The molecule has 0 bridgehead atoms. The first kappa shape index (κ1) is 16.5. The molecule has 2 heterocycles. The van der Waals surface area contributed by atoms with E-state index in [1.807, 2.05) is 23.1 Å². The van der Waals surface area contributed by atoms with E-state index >= 15 is 0 Å². The van der Waals surface area contributed by atoms with Gasteiger partial charge in [-0.3, -0.25) is 4.99 Å². The van der Waals surface area contributed by atoms with Gasteiger partial charge < -0.3 is 10.6 Å². The molecule has 136 valence electrons. The van der Waals surface area contributed by atoms with Gasteiger partial charge in [0.2, 0.25) is 0 Å². The molecule has 27 heavy (non-hydrogen) atoms. The average Bonchev–Trinajstić information content (AvgIpc) is 3.05. The molecule has 3 nitrogen and oxygen atoms in total. The fourth-order valence-electron chi connectivity index (χ4n) is 4.29. The van der Waals surface area contributed by atoms with E-state index in [2.05, 4.69) is 36.4 Å². The van der Waals surface area contributed by atoms with E-state index in [-0.39, 0.29) is 23.4 Å². The summed E-state index contributed by atoms with van der Waals surface area (Å²) in [6.07, 6.45) is 8.07. The summed E-state index contributed by atoms with van der Waals surface area (Å²) in [6.45, 7) is 0. The van der Waals surface area contributed by atoms with Gasteiger partial charge in [-0.05, 0) is 48.1 Å². The Hall–Kier alpha value is -2.72. The highest BCUT2D eigenvalue weighted by atomic mass is 19.1. The highest BCUT2D eigenvalue weighted by Gasteiger charge is 2.38. The van der Waals surface area contributed by atoms with Crippen LogP contribution in [-0.2, 0) is 5.54 Å². The molecule has 0 spiro atoms. The van der Waals surface area contributed by atoms with E-state index in [1.54, 1.807) is 12.3 Å². The minimum absolute atomic E-state index is 0.0571. The lowest BCUT2D eigenvalue weighted by Gasteiger charge is -2.38. The summed E-state index contributed by atoms with van der Waals surface area (Å²) in [6, 6.07) is 18.6. The third kappa shape index (κ3) is 2.72. The van der Waals surface area contributed by atoms with Crippen molar-refractivity contribution in [3.05, 3.63) is 95.5 Å². The second kappa shape index (κ2) is 6.17. The van der Waals surface area contributed by atoms with Crippen molar-refractivity contribution in [1.82, 2.24) is 4.90 Å². The molecule has 1 aliphatic carbocycles. The predicted molar refractivity (Wildman–Crippen MR) is 106 cm³/mol. The average molecular weight is 359 g/mol. The second-order valence-corrected chi connectivity index (χ2v) is 7.67. The maximum atomic E-state index is 13.9. The van der Waals surface area contributed by atoms with Crippen molar-refractivity contribution in [2.45, 2.75) is 36.9 Å². The zero-order valence-electron chi connectivity index (χ0n) is 15.1. The number of fused-ring (bicyclic) bond motifs is 1. The number of aliphatic imine (C=N–C) groups is 1. The summed E-state index contributed by atoms with van der Waals surface area (Å²) in [5, 5.41) is 0. The monoisotopic (exact) mass is 359 g/mol. The Kier molecular flexibility index (Phi) is 3.76. The summed E-state index contributed by atoms with van der Waals surface area (Å²) in [5.41, 5.74) is 9.75. The lowest BCUT2D eigenvalue weighted by Crippen LogP contribution is -2.43. The van der Waals surface area contributed by atoms with Crippen LogP contribution in [-0.4, -0.2) is 10.7 Å². The summed E-state index contributed by atoms with van der Waals surface area (Å²) >= 11 is 0. The third-order valence-corrected chi connectivity index (χ3v) is 6.00. The van der Waals surface area contributed by atoms with Crippen molar-refractivity contribution in [3.63, 3.8) is 0 Å². The number of benzene rings is 2. The van der Waals surface area contributed by atoms with Gasteiger partial charge in [0.25, 0.3) is 0 Å². The smallest absolute Gasteiger partial charge is 0.139 e. The molecule has 2 aliphatic heterocycles. The molecule has 0 radical (unpaired) electrons. The van der Waals surface area contributed by atoms with Crippen molar-refractivity contribution in [2.75, 3.05) is 0 Å². The Morgan fingerprint density at radius 1 is 0.963 bits per heavy atom. The van der Waals surface area contributed by atoms with E-state index in [0.29, 0.717) is 0 Å². The van der Waals surface area contributed by atoms with Crippen LogP contribution in [0.1, 0.15) is 48.0 Å². The number of nitrogens with two attached hydrogens (primary N) is 1. The molecule has 2 atom stereocenters. The van der Waals surface area contributed by atoms with E-state index in [1.165, 1.54) is 18.1 Å². The number of allylic oxidation sites excluding steroid dienone is 2. The van der Waals surface area contributed by atoms with Crippen LogP contribution in [0, 0.1) is 0 Å². The molecule has 1 fully saturated rings. The largest absolute Gasteiger partial charge is 0.321 e. The quantitative estimate of drug-likeness (QED) is 0.847. The standard InChI is InChI=1S/C23H22FN3/c24-19-11-12-20-26-21(22(27(20)15-19)17-5-2-1-3-6-17)16-7-9-18(10-8-16)23(25)13-4-14-23/h1-3,5-12,15,21-22H,4,13-14,25H2. The van der Waals surface area contributed by atoms with Crippen LogP contribution in [0.4, 0.5) is 4.39 Å². The Balaban J connectivity index is 1.53. The van der Waals surface area contributed by atoms with Gasteiger partial charge >= 0.3 is 0 Å². The number of rotatable bonds is 3. The number of halogens is 1. The van der Waals surface area contributed by atoms with Crippen molar-refractivity contribution >= 4 is 5.84 Å². The highest BCUT2D eigenvalue weighted by molar-refractivity contribution is 5.97. The summed E-state index contributed by atoms with van der Waals surface area (Å²) in [5.74, 6) is 0.551. The second-order valence-electron chi connectivity index (χ2n) is 7.67. The molecule has 2 aromatic rings. The molecule has 2 aromatic carbocycles. The van der Waals surface area contributed by atoms with Crippen LogP contribution in [0.2, 0.25) is 0 Å². The first-order valence-corrected chi connectivity index (χ1v) is 9.50. The number of hydrogen-bond donors (Lipinski definition) is 1. The molecule has 0 aromatic heterocycles. The van der Waals surface area contributed by atoms with Gasteiger partial charge in [-0.2, -0.15) is 0 Å². The molecular formula is C23H22FN3. The normalized spacial score (nSPS) is 25.5. The zero-order chi connectivity index (χ0) is 18.4. The molecular weight excluding hydrogens is 337 g/mol. The molecule has 1 saturated carbocycles. The Morgan fingerprint density at radius 3 is 2.37 bits per heavy atom. The molecule has 0 saturated heterocycles. The summed E-state index contributed by atoms with van der Waals surface area (Å²) in [4.78, 5) is 6.86. The lowest BCUT2D eigenvalue weighted by molar-refractivity contribution is 0.253. The van der Waals surface area contributed by atoms with Crippen LogP contribution in [0.3, 0.4) is 0 Å². The molecule has 5 rings (SSSR count). The number of nitrogens with zero attached hydrogens (tertiary/aromatic N) is 2. The van der Waals surface area contributed by atoms with Crippen molar-refractivity contribution in [2.24, 2.45) is 10.7 Å². The minimum atomic E-state index is -0.249. The van der Waals surface area contributed by atoms with Crippen molar-refractivity contribution < 1.29 is 4.39 Å². The first-order valence-electron chi connectivity index (χ1n) is 9.50. The maximum absolute atomic E-state index is 13.9. The van der Waals surface area contributed by atoms with Gasteiger partial charge in [-0.1, -0.05) is 54.6 Å². The van der Waals surface area contributed by atoms with E-state index < -0.39 is 0 Å². The molecule has 3 aliphatic rings. The fourth-order valence-corrected chi connectivity index (χ4v) is 4.29. The molecule has 2 unspecified atom stereocenters. The van der Waals surface area contributed by atoms with E-state index in [0.717, 1.165) is 29.8 Å². The van der Waals surface area contributed by atoms with Gasteiger partial charge in [0, 0.05) is 11.7 Å². The topological polar surface area (TPSA) is 41.6 Å². The Morgan fingerprint density at radius 2 is 1.70 bits per heavy atom. The van der Waals surface area contributed by atoms with Gasteiger partial charge in [0.1, 0.15) is 17.7 Å². The Bertz CT molecular complexity index is 939. The van der Waals surface area contributed by atoms with Gasteiger partial charge in [0.15, 0.2) is 0 Å². The molecule has 4 heteroatoms. The predicted octanol–water partition coefficient (Wildman–Crippen LogP) is 4.90. The fraction of sp³-hybridized carbons (Fsp3) is 0.261. The Labute approximate surface area is 158 Å². The lowest BCUT2D eigenvalue weighted by atomic mass is 9.72. The third-order valence-electron chi connectivity index (χ3n) is 6.00. The number of amidine groups is 1. The van der Waals surface area contributed by atoms with Crippen LogP contribution in [0.5, 0.6) is 0 Å². The highest BCUT2D eigenvalue weighted by Crippen LogP contribution is 2.45. The van der Waals surface area contributed by atoms with Crippen LogP contribution < -0.4 is 5.73 Å². The van der Waals surface area contributed by atoms with Gasteiger partial charge in [0.05, 0.1) is 6.04 Å². The van der Waals surface area contributed by atoms with E-state index in [4.69, 9.17) is 10.7 Å². The summed E-state index contributed by atoms with van der Waals surface area (Å²) < 4.78 is 13.9. The van der Waals surface area contributed by atoms with Crippen LogP contribution >= 0.6 is 0 Å². The first-order chi connectivity index (χ1) is 13.1. The molecule has 2 N–H and O–H groups in total. The van der Waals surface area contributed by atoms with Crippen LogP contribution in [0.15, 0.2) is 83.8 Å². The van der Waals surface area contributed by atoms with Crippen LogP contribution in [0.25, 0.3) is 0 Å². The number of hydrogen-bond acceptors (Lipinski definition) is 3. The SMILES string of the molecule is NC1(c2ccc(C3N=C4C=CC(F)=CN4C3c3ccccc3)cc2)CCC1. The van der Waals surface area contributed by atoms with Gasteiger partial charge in [-0.15, -0.1) is 0 Å². The maximum Gasteiger partial charge on any atom is 0.139 e. The van der Waals surface area contributed by atoms with Crippen molar-refractivity contribution in [3.8, 4) is 0 Å². The minimum Gasteiger partial charge on any atom is -0.321 e.